The number of halogens is 1. The third-order valence-corrected chi connectivity index (χ3v) is 2.96. The lowest BCUT2D eigenvalue weighted by molar-refractivity contribution is -0.141. The van der Waals surface area contributed by atoms with Gasteiger partial charge in [0.25, 0.3) is 0 Å². The van der Waals surface area contributed by atoms with Gasteiger partial charge in [-0.1, -0.05) is 90.7 Å². The fraction of sp³-hybridized carbons (Fsp3) is 0.682. The molecular weight excluding hydrogens is 453 g/mol. The summed E-state index contributed by atoms with van der Waals surface area (Å²) in [4.78, 5) is 10.6. The minimum Gasteiger partial charge on any atom is -0.481 e. The van der Waals surface area contributed by atoms with Crippen molar-refractivity contribution in [2.75, 3.05) is 12.8 Å². The molecule has 0 unspecified atom stereocenters. The number of carboxylic acids is 1. The number of carbonyl (C=O) groups is 1. The van der Waals surface area contributed by atoms with Crippen molar-refractivity contribution in [3.8, 4) is 0 Å². The zero-order chi connectivity index (χ0) is 20.7. The number of aliphatic hydroxyl groups is 1. The summed E-state index contributed by atoms with van der Waals surface area (Å²) in [6, 6.07) is 5.61. The number of benzene rings is 1. The van der Waals surface area contributed by atoms with Crippen LogP contribution in [-0.2, 0) is 11.2 Å². The van der Waals surface area contributed by atoms with E-state index in [0.717, 1.165) is 21.9 Å². The predicted molar refractivity (Wildman–Crippen MR) is 138 cm³/mol. The van der Waals surface area contributed by atoms with Crippen molar-refractivity contribution in [3.05, 3.63) is 27.3 Å². The first-order valence-electron chi connectivity index (χ1n) is 8.72. The Morgan fingerprint density at radius 2 is 1.30 bits per heavy atom. The molecule has 0 aliphatic heterocycles. The molecule has 0 heterocycles. The lowest BCUT2D eigenvalue weighted by atomic mass is 10.0. The van der Waals surface area contributed by atoms with Crippen LogP contribution >= 0.6 is 22.6 Å². The molecule has 0 bridgehead atoms. The van der Waals surface area contributed by atoms with Gasteiger partial charge in [-0.2, -0.15) is 0 Å². The zero-order valence-electron chi connectivity index (χ0n) is 17.3. The Morgan fingerprint density at radius 1 is 0.963 bits per heavy atom. The van der Waals surface area contributed by atoms with Crippen molar-refractivity contribution >= 4 is 34.2 Å². The third-order valence-electron chi connectivity index (χ3n) is 2.03. The van der Waals surface area contributed by atoms with Crippen molar-refractivity contribution < 1.29 is 15.0 Å². The Hall–Kier alpha value is -0.820. The Balaban J connectivity index is -0.0000000404. The van der Waals surface area contributed by atoms with E-state index >= 15 is 0 Å². The van der Waals surface area contributed by atoms with Crippen LogP contribution in [0, 0.1) is 9.49 Å². The van der Waals surface area contributed by atoms with Gasteiger partial charge >= 0.3 is 5.97 Å². The normalized spacial score (nSPS) is 7.56. The van der Waals surface area contributed by atoms with E-state index in [1.807, 2.05) is 73.6 Å². The van der Waals surface area contributed by atoms with Crippen molar-refractivity contribution in [2.45, 2.75) is 91.0 Å². The summed E-state index contributed by atoms with van der Waals surface area (Å²) < 4.78 is 0.970. The summed E-state index contributed by atoms with van der Waals surface area (Å²) >= 11 is 2.14. The number of aliphatic carboxylic acids is 1. The minimum absolute atomic E-state index is 0. The predicted octanol–water partition coefficient (Wildman–Crippen LogP) is 7.76. The molecule has 0 aromatic heterocycles. The largest absolute Gasteiger partial charge is 0.481 e. The maximum absolute atomic E-state index is 10.6. The van der Waals surface area contributed by atoms with Gasteiger partial charge in [-0.25, -0.2) is 0 Å². The molecule has 5 heteroatoms. The SMILES string of the molecule is C.C.C.CC.CC.CC.CC.CO.C[C@H](Cc1ccc(N)c(I)c1)C(=O)O. The van der Waals surface area contributed by atoms with E-state index in [1.165, 1.54) is 0 Å². The van der Waals surface area contributed by atoms with Crippen LogP contribution in [0.1, 0.15) is 90.2 Å². The molecule has 0 aliphatic carbocycles. The molecule has 0 saturated carbocycles. The topological polar surface area (TPSA) is 83.5 Å². The summed E-state index contributed by atoms with van der Waals surface area (Å²) in [5.74, 6) is -1.12. The van der Waals surface area contributed by atoms with Gasteiger partial charge < -0.3 is 15.9 Å². The highest BCUT2D eigenvalue weighted by Crippen LogP contribution is 2.18. The molecule has 4 N–H and O–H groups in total. The number of nitrogen functional groups attached to an aromatic ring is 1. The van der Waals surface area contributed by atoms with Crippen LogP contribution in [0.5, 0.6) is 0 Å². The van der Waals surface area contributed by atoms with E-state index in [-0.39, 0.29) is 28.2 Å². The number of aliphatic hydroxyl groups excluding tert-OH is 1. The summed E-state index contributed by atoms with van der Waals surface area (Å²) in [6.45, 7) is 17.7. The molecule has 4 nitrogen and oxygen atoms in total. The fourth-order valence-corrected chi connectivity index (χ4v) is 1.72. The van der Waals surface area contributed by atoms with Crippen LogP contribution < -0.4 is 5.73 Å². The lowest BCUT2D eigenvalue weighted by Gasteiger charge is -2.07. The second kappa shape index (κ2) is 44.5. The summed E-state index contributed by atoms with van der Waals surface area (Å²) in [5.41, 5.74) is 7.40. The van der Waals surface area contributed by atoms with Crippen LogP contribution in [0.25, 0.3) is 0 Å². The molecule has 1 rings (SSSR count). The number of nitrogens with two attached hydrogens (primary N) is 1. The highest BCUT2D eigenvalue weighted by Gasteiger charge is 2.11. The van der Waals surface area contributed by atoms with Crippen molar-refractivity contribution in [2.24, 2.45) is 5.92 Å². The molecule has 1 aromatic rings. The van der Waals surface area contributed by atoms with Crippen LogP contribution in [0.3, 0.4) is 0 Å². The first-order chi connectivity index (χ1) is 11.5. The zero-order valence-corrected chi connectivity index (χ0v) is 19.4. The van der Waals surface area contributed by atoms with E-state index in [2.05, 4.69) is 22.6 Å². The lowest BCUT2D eigenvalue weighted by Crippen LogP contribution is -2.12. The summed E-state index contributed by atoms with van der Waals surface area (Å²) in [7, 11) is 1.00. The molecule has 27 heavy (non-hydrogen) atoms. The molecule has 0 spiro atoms. The van der Waals surface area contributed by atoms with Gasteiger partial charge in [-0.05, 0) is 46.7 Å². The fourth-order valence-electron chi connectivity index (χ4n) is 1.14. The van der Waals surface area contributed by atoms with Crippen LogP contribution in [0.15, 0.2) is 18.2 Å². The van der Waals surface area contributed by atoms with E-state index in [1.54, 1.807) is 6.92 Å². The van der Waals surface area contributed by atoms with Crippen LogP contribution in [0.2, 0.25) is 0 Å². The van der Waals surface area contributed by atoms with E-state index < -0.39 is 5.97 Å². The van der Waals surface area contributed by atoms with Gasteiger partial charge in [0.1, 0.15) is 0 Å². The van der Waals surface area contributed by atoms with Gasteiger partial charge in [-0.15, -0.1) is 0 Å². The van der Waals surface area contributed by atoms with Gasteiger partial charge in [0.15, 0.2) is 0 Å². The first kappa shape index (κ1) is 50.2. The van der Waals surface area contributed by atoms with E-state index in [4.69, 9.17) is 15.9 Å². The molecule has 0 aliphatic rings. The Labute approximate surface area is 186 Å². The van der Waals surface area contributed by atoms with Gasteiger partial charge in [0, 0.05) is 16.4 Å². The number of hydrogen-bond acceptors (Lipinski definition) is 3. The molecule has 1 aromatic carbocycles. The Kier molecular flexibility index (Phi) is 82.9. The monoisotopic (exact) mass is 505 g/mol. The van der Waals surface area contributed by atoms with Crippen LogP contribution in [-0.4, -0.2) is 23.3 Å². The molecule has 0 saturated heterocycles. The quantitative estimate of drug-likeness (QED) is 0.290. The third kappa shape index (κ3) is 33.2. The average molecular weight is 506 g/mol. The van der Waals surface area contributed by atoms with E-state index in [0.29, 0.717) is 6.42 Å². The first-order valence-corrected chi connectivity index (χ1v) is 9.80. The number of anilines is 1. The maximum Gasteiger partial charge on any atom is 0.306 e. The molecule has 1 atom stereocenters. The summed E-state index contributed by atoms with van der Waals surface area (Å²) in [5, 5.41) is 15.7. The molecular formula is C22H52INO3. The standard InChI is InChI=1S/C10H12INO2.4C2H6.CH4O.3CH4/c1-6(10(13)14)4-7-2-3-9(12)8(11)5-7;5*1-2;;;/h2-3,5-6H,4,12H2,1H3,(H,13,14);4*1-2H3;2H,1H3;3*1H4/t6-;;;;;;;;/m1......../s1. The van der Waals surface area contributed by atoms with Crippen molar-refractivity contribution in [1.29, 1.82) is 0 Å². The van der Waals surface area contributed by atoms with E-state index in [9.17, 15) is 4.79 Å². The second-order valence-electron chi connectivity index (χ2n) is 3.30. The minimum atomic E-state index is -0.767. The molecule has 0 fully saturated rings. The van der Waals surface area contributed by atoms with Crippen molar-refractivity contribution in [3.63, 3.8) is 0 Å². The molecule has 0 radical (unpaired) electrons. The van der Waals surface area contributed by atoms with Gasteiger partial charge in [0.2, 0.25) is 0 Å². The second-order valence-corrected chi connectivity index (χ2v) is 4.46. The Bertz CT molecular complexity index is 359. The highest BCUT2D eigenvalue weighted by atomic mass is 127. The van der Waals surface area contributed by atoms with Gasteiger partial charge in [-0.3, -0.25) is 4.79 Å². The average Bonchev–Trinajstić information content (AvgIpc) is 2.66. The number of carboxylic acid groups (broad SMARTS) is 1. The molecule has 170 valence electrons. The highest BCUT2D eigenvalue weighted by molar-refractivity contribution is 14.1. The van der Waals surface area contributed by atoms with Crippen molar-refractivity contribution in [1.82, 2.24) is 0 Å². The number of rotatable bonds is 3. The maximum atomic E-state index is 10.6. The van der Waals surface area contributed by atoms with Crippen LogP contribution in [0.4, 0.5) is 5.69 Å². The molecule has 0 amide bonds. The van der Waals surface area contributed by atoms with Gasteiger partial charge in [0.05, 0.1) is 5.92 Å². The Morgan fingerprint density at radius 3 is 1.56 bits per heavy atom. The summed E-state index contributed by atoms with van der Waals surface area (Å²) in [6.07, 6.45) is 0.547. The smallest absolute Gasteiger partial charge is 0.306 e. The number of hydrogen-bond donors (Lipinski definition) is 3.